The molecule has 0 radical (unpaired) electrons. The van der Waals surface area contributed by atoms with Gasteiger partial charge in [0, 0.05) is 49.8 Å². The number of allylic oxidation sites excluding steroid dienone is 1. The molecule has 0 spiro atoms. The number of aromatic nitrogens is 2. The number of aliphatic imine (C=N–C) groups is 2. The molecule has 11 rings (SSSR count). The van der Waals surface area contributed by atoms with E-state index in [1.165, 1.54) is 32.6 Å². The topological polar surface area (TPSA) is 47.7 Å². The number of fused-ring (bicyclic) bond motifs is 10. The number of para-hydroxylation sites is 3. The van der Waals surface area contributed by atoms with Gasteiger partial charge in [-0.2, -0.15) is 0 Å². The average Bonchev–Trinajstić information content (AvgIpc) is 3.93. The van der Waals surface area contributed by atoms with E-state index >= 15 is 0 Å². The maximum atomic E-state index is 6.70. The molecule has 0 atom stereocenters. The van der Waals surface area contributed by atoms with E-state index in [0.717, 1.165) is 66.9 Å². The third-order valence-corrected chi connectivity index (χ3v) is 10.9. The Morgan fingerprint density at radius 2 is 1.07 bits per heavy atom. The van der Waals surface area contributed by atoms with Crippen LogP contribution in [0.2, 0.25) is 0 Å². The number of rotatable bonds is 6. The Labute approximate surface area is 328 Å². The Kier molecular flexibility index (Phi) is 7.57. The van der Waals surface area contributed by atoms with Crippen LogP contribution < -0.4 is 0 Å². The maximum Gasteiger partial charge on any atom is 0.160 e. The SMILES string of the molecule is C=C/C(=N\C(=N/c1ccc2c(c1)oc1cccc(-n3c4ccccc4c4ccc5c6ccccc6n(-c6ccccc6)c5c43)c12)c1ccccc1)c1ccccc1. The fraction of sp³-hybridized carbons (Fsp3) is 0. The second-order valence-corrected chi connectivity index (χ2v) is 14.2. The third kappa shape index (κ3) is 5.24. The van der Waals surface area contributed by atoms with E-state index in [2.05, 4.69) is 137 Å². The van der Waals surface area contributed by atoms with Gasteiger partial charge in [-0.3, -0.25) is 0 Å². The van der Waals surface area contributed by atoms with Gasteiger partial charge in [-0.1, -0.05) is 140 Å². The molecular weight excluding hydrogens is 697 g/mol. The summed E-state index contributed by atoms with van der Waals surface area (Å²) >= 11 is 0. The summed E-state index contributed by atoms with van der Waals surface area (Å²) in [6, 6.07) is 65.4. The molecule has 0 unspecified atom stereocenters. The lowest BCUT2D eigenvalue weighted by atomic mass is 10.1. The minimum atomic E-state index is 0.591. The average molecular weight is 731 g/mol. The van der Waals surface area contributed by atoms with Crippen molar-refractivity contribution < 1.29 is 4.42 Å². The van der Waals surface area contributed by atoms with Crippen molar-refractivity contribution in [2.24, 2.45) is 9.98 Å². The molecule has 3 aromatic heterocycles. The number of hydrogen-bond acceptors (Lipinski definition) is 2. The fourth-order valence-corrected chi connectivity index (χ4v) is 8.46. The zero-order valence-corrected chi connectivity index (χ0v) is 30.9. The van der Waals surface area contributed by atoms with Gasteiger partial charge in [0.05, 0.1) is 44.5 Å². The van der Waals surface area contributed by atoms with Crippen LogP contribution in [0, 0.1) is 0 Å². The van der Waals surface area contributed by atoms with Crippen LogP contribution in [0.1, 0.15) is 11.1 Å². The summed E-state index contributed by atoms with van der Waals surface area (Å²) in [6.45, 7) is 4.07. The van der Waals surface area contributed by atoms with E-state index < -0.39 is 0 Å². The van der Waals surface area contributed by atoms with Crippen molar-refractivity contribution in [2.45, 2.75) is 0 Å². The third-order valence-electron chi connectivity index (χ3n) is 10.9. The second kappa shape index (κ2) is 13.2. The molecule has 0 saturated carbocycles. The molecular formula is C52H34N4O. The molecule has 0 amide bonds. The molecule has 5 nitrogen and oxygen atoms in total. The molecule has 5 heteroatoms. The highest BCUT2D eigenvalue weighted by Crippen LogP contribution is 2.44. The molecule has 0 aliphatic heterocycles. The molecule has 3 heterocycles. The van der Waals surface area contributed by atoms with Crippen molar-refractivity contribution in [2.75, 3.05) is 0 Å². The van der Waals surface area contributed by atoms with Crippen LogP contribution in [-0.2, 0) is 0 Å². The van der Waals surface area contributed by atoms with E-state index in [1.807, 2.05) is 66.7 Å². The van der Waals surface area contributed by atoms with Gasteiger partial charge in [0.2, 0.25) is 0 Å². The summed E-state index contributed by atoms with van der Waals surface area (Å²) in [5, 5.41) is 6.89. The molecule has 0 fully saturated rings. The van der Waals surface area contributed by atoms with Crippen molar-refractivity contribution in [1.29, 1.82) is 0 Å². The van der Waals surface area contributed by atoms with Gasteiger partial charge in [-0.25, -0.2) is 9.98 Å². The van der Waals surface area contributed by atoms with Gasteiger partial charge in [-0.05, 0) is 54.6 Å². The number of furan rings is 1. The highest BCUT2D eigenvalue weighted by molar-refractivity contribution is 6.25. The molecule has 0 aliphatic rings. The van der Waals surface area contributed by atoms with Crippen LogP contribution in [0.3, 0.4) is 0 Å². The molecule has 11 aromatic rings. The first kappa shape index (κ1) is 32.7. The van der Waals surface area contributed by atoms with E-state index in [-0.39, 0.29) is 0 Å². The number of amidine groups is 1. The van der Waals surface area contributed by atoms with Crippen molar-refractivity contribution >= 4 is 82.8 Å². The van der Waals surface area contributed by atoms with E-state index in [9.17, 15) is 0 Å². The summed E-state index contributed by atoms with van der Waals surface area (Å²) in [6.07, 6.45) is 1.78. The molecule has 0 N–H and O–H groups in total. The quantitative estimate of drug-likeness (QED) is 0.124. The molecule has 8 aromatic carbocycles. The lowest BCUT2D eigenvalue weighted by Crippen LogP contribution is -2.04. The smallest absolute Gasteiger partial charge is 0.160 e. The zero-order valence-electron chi connectivity index (χ0n) is 30.9. The Hall–Kier alpha value is -7.76. The van der Waals surface area contributed by atoms with E-state index in [1.54, 1.807) is 6.08 Å². The Balaban J connectivity index is 1.17. The summed E-state index contributed by atoms with van der Waals surface area (Å²) in [7, 11) is 0. The van der Waals surface area contributed by atoms with Crippen molar-refractivity contribution in [3.05, 3.63) is 212 Å². The lowest BCUT2D eigenvalue weighted by Gasteiger charge is -2.13. The Bertz CT molecular complexity index is 3400. The predicted octanol–water partition coefficient (Wildman–Crippen LogP) is 13.5. The summed E-state index contributed by atoms with van der Waals surface area (Å²) in [5.74, 6) is 0.591. The van der Waals surface area contributed by atoms with Gasteiger partial charge in [0.15, 0.2) is 5.84 Å². The van der Waals surface area contributed by atoms with Crippen molar-refractivity contribution in [3.8, 4) is 11.4 Å². The van der Waals surface area contributed by atoms with Crippen LogP contribution in [0.5, 0.6) is 0 Å². The van der Waals surface area contributed by atoms with Crippen LogP contribution in [-0.4, -0.2) is 20.7 Å². The monoisotopic (exact) mass is 730 g/mol. The molecule has 57 heavy (non-hydrogen) atoms. The van der Waals surface area contributed by atoms with Gasteiger partial charge in [-0.15, -0.1) is 0 Å². The molecule has 0 saturated heterocycles. The largest absolute Gasteiger partial charge is 0.456 e. The van der Waals surface area contributed by atoms with E-state index in [4.69, 9.17) is 14.4 Å². The number of hydrogen-bond donors (Lipinski definition) is 0. The molecule has 0 aliphatic carbocycles. The minimum Gasteiger partial charge on any atom is -0.456 e. The highest BCUT2D eigenvalue weighted by atomic mass is 16.3. The highest BCUT2D eigenvalue weighted by Gasteiger charge is 2.23. The first-order valence-corrected chi connectivity index (χ1v) is 19.1. The van der Waals surface area contributed by atoms with Crippen molar-refractivity contribution in [1.82, 2.24) is 9.13 Å². The van der Waals surface area contributed by atoms with Crippen molar-refractivity contribution in [3.63, 3.8) is 0 Å². The van der Waals surface area contributed by atoms with E-state index in [0.29, 0.717) is 5.84 Å². The Morgan fingerprint density at radius 3 is 1.75 bits per heavy atom. The zero-order chi connectivity index (χ0) is 37.9. The van der Waals surface area contributed by atoms with Crippen LogP contribution in [0.4, 0.5) is 5.69 Å². The number of nitrogens with zero attached hydrogens (tertiary/aromatic N) is 4. The number of benzene rings is 8. The summed E-state index contributed by atoms with van der Waals surface area (Å²) in [4.78, 5) is 10.2. The van der Waals surface area contributed by atoms with Crippen LogP contribution >= 0.6 is 0 Å². The molecule has 268 valence electrons. The van der Waals surface area contributed by atoms with Gasteiger partial charge in [0.25, 0.3) is 0 Å². The fourth-order valence-electron chi connectivity index (χ4n) is 8.46. The minimum absolute atomic E-state index is 0.591. The first-order valence-electron chi connectivity index (χ1n) is 19.1. The Morgan fingerprint density at radius 1 is 0.491 bits per heavy atom. The van der Waals surface area contributed by atoms with Gasteiger partial charge < -0.3 is 13.6 Å². The normalized spacial score (nSPS) is 12.5. The first-order chi connectivity index (χ1) is 28.2. The molecule has 0 bridgehead atoms. The second-order valence-electron chi connectivity index (χ2n) is 14.2. The lowest BCUT2D eigenvalue weighted by molar-refractivity contribution is 0.669. The van der Waals surface area contributed by atoms with Crippen LogP contribution in [0.15, 0.2) is 215 Å². The summed E-state index contributed by atoms with van der Waals surface area (Å²) in [5.41, 5.74) is 11.7. The predicted molar refractivity (Wildman–Crippen MR) is 238 cm³/mol. The van der Waals surface area contributed by atoms with Crippen LogP contribution in [0.25, 0.3) is 76.9 Å². The van der Waals surface area contributed by atoms with Gasteiger partial charge in [0.1, 0.15) is 11.2 Å². The maximum absolute atomic E-state index is 6.70. The standard InChI is InChI=1S/C52H34N4O/c1-2-43(34-17-6-3-7-18-34)54-52(35-19-8-4-9-20-35)53-36-29-30-42-48(33-36)57-47-28-16-27-46(49(42)47)56-45-26-15-13-24-39(45)41-32-31-40-38-23-12-14-25-44(38)55(50(40)51(41)56)37-21-10-5-11-22-37/h2-33H,1H2/b53-52-,54-43+. The van der Waals surface area contributed by atoms with Gasteiger partial charge >= 0.3 is 0 Å². The summed E-state index contributed by atoms with van der Waals surface area (Å²) < 4.78 is 11.6.